The van der Waals surface area contributed by atoms with Gasteiger partial charge in [-0.25, -0.2) is 4.79 Å². The van der Waals surface area contributed by atoms with Crippen molar-refractivity contribution in [1.82, 2.24) is 5.32 Å². The first-order valence-corrected chi connectivity index (χ1v) is 11.6. The summed E-state index contributed by atoms with van der Waals surface area (Å²) >= 11 is 1.00. The fourth-order valence-corrected chi connectivity index (χ4v) is 3.82. The normalized spacial score (nSPS) is 11.9. The van der Waals surface area contributed by atoms with Crippen LogP contribution in [0.15, 0.2) is 0 Å². The molecule has 5 nitrogen and oxygen atoms in total. The van der Waals surface area contributed by atoms with E-state index in [-0.39, 0.29) is 10.9 Å². The van der Waals surface area contributed by atoms with Gasteiger partial charge in [0.05, 0.1) is 0 Å². The van der Waals surface area contributed by atoms with Gasteiger partial charge in [-0.05, 0) is 6.42 Å². The van der Waals surface area contributed by atoms with Crippen molar-refractivity contribution in [2.75, 3.05) is 5.75 Å². The van der Waals surface area contributed by atoms with Gasteiger partial charge in [-0.15, -0.1) is 0 Å². The maximum absolute atomic E-state index is 11.8. The van der Waals surface area contributed by atoms with Crippen LogP contribution in [-0.2, 0) is 14.4 Å². The molecule has 0 aliphatic carbocycles. The zero-order valence-electron chi connectivity index (χ0n) is 17.3. The standard InChI is InChI=1S/C21H39NO4S/c1-3-4-5-6-7-8-9-10-11-12-13-14-15-16-20(24)27-17-19(21(25)26)22-18(2)23/h19H,3-17H2,1-2H3,(H,22,23)(H,25,26)/t19-/m0/s1. The highest BCUT2D eigenvalue weighted by Gasteiger charge is 2.19. The Labute approximate surface area is 169 Å². The summed E-state index contributed by atoms with van der Waals surface area (Å²) < 4.78 is 0. The van der Waals surface area contributed by atoms with E-state index in [4.69, 9.17) is 5.11 Å². The van der Waals surface area contributed by atoms with Crippen molar-refractivity contribution in [1.29, 1.82) is 0 Å². The summed E-state index contributed by atoms with van der Waals surface area (Å²) in [5, 5.41) is 11.3. The molecule has 158 valence electrons. The first-order chi connectivity index (χ1) is 13.0. The molecule has 0 aromatic heterocycles. The first kappa shape index (κ1) is 26.0. The second-order valence-electron chi connectivity index (χ2n) is 7.27. The number of hydrogen-bond donors (Lipinski definition) is 2. The highest BCUT2D eigenvalue weighted by atomic mass is 32.2. The lowest BCUT2D eigenvalue weighted by molar-refractivity contribution is -0.140. The monoisotopic (exact) mass is 401 g/mol. The van der Waals surface area contributed by atoms with Crippen LogP contribution in [0.1, 0.15) is 104 Å². The number of nitrogens with one attached hydrogen (secondary N) is 1. The Morgan fingerprint density at radius 2 is 1.26 bits per heavy atom. The van der Waals surface area contributed by atoms with Crippen molar-refractivity contribution in [3.05, 3.63) is 0 Å². The third-order valence-electron chi connectivity index (χ3n) is 4.57. The van der Waals surface area contributed by atoms with Gasteiger partial charge in [0, 0.05) is 19.1 Å². The number of amides is 1. The van der Waals surface area contributed by atoms with Crippen molar-refractivity contribution in [3.63, 3.8) is 0 Å². The summed E-state index contributed by atoms with van der Waals surface area (Å²) in [6.07, 6.45) is 17.0. The number of hydrogen-bond acceptors (Lipinski definition) is 4. The summed E-state index contributed by atoms with van der Waals surface area (Å²) in [6.45, 7) is 3.52. The minimum atomic E-state index is -1.11. The lowest BCUT2D eigenvalue weighted by Crippen LogP contribution is -2.41. The molecule has 0 saturated heterocycles. The minimum absolute atomic E-state index is 0.00896. The number of carbonyl (C=O) groups excluding carboxylic acids is 2. The van der Waals surface area contributed by atoms with E-state index in [2.05, 4.69) is 12.2 Å². The average molecular weight is 402 g/mol. The van der Waals surface area contributed by atoms with E-state index in [9.17, 15) is 14.4 Å². The number of thioether (sulfide) groups is 1. The fraction of sp³-hybridized carbons (Fsp3) is 0.857. The molecule has 0 bridgehead atoms. The van der Waals surface area contributed by atoms with Gasteiger partial charge >= 0.3 is 5.97 Å². The second-order valence-corrected chi connectivity index (χ2v) is 8.34. The largest absolute Gasteiger partial charge is 0.480 e. The summed E-state index contributed by atoms with van der Waals surface area (Å²) in [6, 6.07) is -0.997. The quantitative estimate of drug-likeness (QED) is 0.304. The second kappa shape index (κ2) is 18.3. The van der Waals surface area contributed by atoms with E-state index < -0.39 is 17.9 Å². The zero-order chi connectivity index (χ0) is 20.3. The van der Waals surface area contributed by atoms with E-state index in [0.717, 1.165) is 31.0 Å². The molecule has 0 aromatic carbocycles. The third-order valence-corrected chi connectivity index (χ3v) is 5.60. The van der Waals surface area contributed by atoms with Gasteiger partial charge in [0.2, 0.25) is 5.91 Å². The maximum Gasteiger partial charge on any atom is 0.327 e. The molecule has 27 heavy (non-hydrogen) atoms. The summed E-state index contributed by atoms with van der Waals surface area (Å²) in [5.41, 5.74) is 0. The lowest BCUT2D eigenvalue weighted by Gasteiger charge is -2.11. The Hall–Kier alpha value is -1.04. The van der Waals surface area contributed by atoms with Gasteiger partial charge in [-0.2, -0.15) is 0 Å². The predicted molar refractivity (Wildman–Crippen MR) is 113 cm³/mol. The van der Waals surface area contributed by atoms with Crippen molar-refractivity contribution in [2.24, 2.45) is 0 Å². The number of carbonyl (C=O) groups is 3. The van der Waals surface area contributed by atoms with E-state index >= 15 is 0 Å². The molecule has 6 heteroatoms. The molecular formula is C21H39NO4S. The summed E-state index contributed by atoms with van der Waals surface area (Å²) in [4.78, 5) is 33.8. The number of carboxylic acids is 1. The Morgan fingerprint density at radius 1 is 0.815 bits per heavy atom. The number of carboxylic acid groups (broad SMARTS) is 1. The first-order valence-electron chi connectivity index (χ1n) is 10.6. The minimum Gasteiger partial charge on any atom is -0.480 e. The van der Waals surface area contributed by atoms with Crippen molar-refractivity contribution in [3.8, 4) is 0 Å². The molecule has 0 saturated carbocycles. The number of aliphatic carboxylic acids is 1. The van der Waals surface area contributed by atoms with Gasteiger partial charge in [0.15, 0.2) is 5.12 Å². The van der Waals surface area contributed by atoms with Crippen LogP contribution < -0.4 is 5.32 Å². The SMILES string of the molecule is CCCCCCCCCCCCCCCC(=O)SC[C@H](NC(C)=O)C(=O)O. The smallest absolute Gasteiger partial charge is 0.327 e. The molecular weight excluding hydrogens is 362 g/mol. The van der Waals surface area contributed by atoms with Crippen LogP contribution in [0.4, 0.5) is 0 Å². The van der Waals surface area contributed by atoms with E-state index in [1.54, 1.807) is 0 Å². The van der Waals surface area contributed by atoms with Crippen LogP contribution in [0.2, 0.25) is 0 Å². The fourth-order valence-electron chi connectivity index (χ4n) is 2.96. The van der Waals surface area contributed by atoms with Gasteiger partial charge < -0.3 is 10.4 Å². The highest BCUT2D eigenvalue weighted by Crippen LogP contribution is 2.15. The third kappa shape index (κ3) is 18.1. The van der Waals surface area contributed by atoms with E-state index in [0.29, 0.717) is 6.42 Å². The molecule has 0 radical (unpaired) electrons. The summed E-state index contributed by atoms with van der Waals surface area (Å²) in [5.74, 6) is -1.41. The molecule has 1 atom stereocenters. The van der Waals surface area contributed by atoms with Crippen LogP contribution in [0.5, 0.6) is 0 Å². The molecule has 0 rings (SSSR count). The molecule has 0 aliphatic rings. The van der Waals surface area contributed by atoms with E-state index in [1.165, 1.54) is 71.1 Å². The van der Waals surface area contributed by atoms with Crippen LogP contribution in [-0.4, -0.2) is 33.9 Å². The lowest BCUT2D eigenvalue weighted by atomic mass is 10.0. The Morgan fingerprint density at radius 3 is 1.67 bits per heavy atom. The van der Waals surface area contributed by atoms with Gasteiger partial charge in [-0.3, -0.25) is 9.59 Å². The van der Waals surface area contributed by atoms with Crippen molar-refractivity contribution in [2.45, 2.75) is 110 Å². The number of unbranched alkanes of at least 4 members (excludes halogenated alkanes) is 12. The molecule has 1 amide bonds. The van der Waals surface area contributed by atoms with Crippen molar-refractivity contribution < 1.29 is 19.5 Å². The van der Waals surface area contributed by atoms with Crippen molar-refractivity contribution >= 4 is 28.8 Å². The molecule has 0 fully saturated rings. The maximum atomic E-state index is 11.8. The highest BCUT2D eigenvalue weighted by molar-refractivity contribution is 8.13. The Balaban J connectivity index is 3.45. The zero-order valence-corrected chi connectivity index (χ0v) is 18.1. The van der Waals surface area contributed by atoms with Gasteiger partial charge in [0.25, 0.3) is 0 Å². The van der Waals surface area contributed by atoms with Gasteiger partial charge in [0.1, 0.15) is 6.04 Å². The summed E-state index contributed by atoms with van der Waals surface area (Å²) in [7, 11) is 0. The molecule has 2 N–H and O–H groups in total. The molecule has 0 spiro atoms. The average Bonchev–Trinajstić information content (AvgIpc) is 2.62. The predicted octanol–water partition coefficient (Wildman–Crippen LogP) is 5.32. The van der Waals surface area contributed by atoms with Crippen LogP contribution >= 0.6 is 11.8 Å². The molecule has 0 unspecified atom stereocenters. The van der Waals surface area contributed by atoms with E-state index in [1.807, 2.05) is 0 Å². The Bertz CT molecular complexity index is 415. The van der Waals surface area contributed by atoms with Crippen LogP contribution in [0.3, 0.4) is 0 Å². The Kier molecular flexibility index (Phi) is 17.6. The molecule has 0 heterocycles. The molecule has 0 aliphatic heterocycles. The number of rotatable bonds is 18. The molecule has 0 aromatic rings. The van der Waals surface area contributed by atoms with Crippen LogP contribution in [0.25, 0.3) is 0 Å². The van der Waals surface area contributed by atoms with Crippen LogP contribution in [0, 0.1) is 0 Å². The van der Waals surface area contributed by atoms with Gasteiger partial charge in [-0.1, -0.05) is 95.7 Å². The topological polar surface area (TPSA) is 83.5 Å².